The van der Waals surface area contributed by atoms with Gasteiger partial charge in [0.05, 0.1) is 19.3 Å². The van der Waals surface area contributed by atoms with Gasteiger partial charge in [-0.15, -0.1) is 0 Å². The molecule has 0 aliphatic carbocycles. The van der Waals surface area contributed by atoms with E-state index >= 15 is 0 Å². The lowest BCUT2D eigenvalue weighted by Gasteiger charge is -2.27. The second-order valence-electron chi connectivity index (χ2n) is 4.88. The second-order valence-corrected chi connectivity index (χ2v) is 5.32. The molecule has 0 amide bonds. The van der Waals surface area contributed by atoms with Crippen molar-refractivity contribution in [1.82, 2.24) is 0 Å². The average molecular weight is 285 g/mol. The minimum absolute atomic E-state index is 0.0300. The van der Waals surface area contributed by atoms with Crippen molar-refractivity contribution in [2.75, 3.05) is 13.2 Å². The molecule has 0 aliphatic heterocycles. The number of benzene rings is 1. The standard InChI is InChI=1S/C16H25ClO2/c1-3-5-7-13(4-2)16(19-11-10-18)14-8-6-9-15(17)12-14/h6,8-9,12-13,16,18H,3-5,7,10-11H2,1-2H3/t13-,16+/m0/s1. The molecular formula is C16H25ClO2. The van der Waals surface area contributed by atoms with Crippen LogP contribution < -0.4 is 0 Å². The van der Waals surface area contributed by atoms with Crippen LogP contribution in [0.2, 0.25) is 5.02 Å². The first kappa shape index (κ1) is 16.5. The Bertz CT molecular complexity index is 354. The predicted octanol–water partition coefficient (Wildman–Crippen LogP) is 4.61. The van der Waals surface area contributed by atoms with Crippen LogP contribution >= 0.6 is 11.6 Å². The SMILES string of the molecule is CCCC[C@H](CC)[C@@H](OCCO)c1cccc(Cl)c1. The Labute approximate surface area is 121 Å². The van der Waals surface area contributed by atoms with Crippen LogP contribution in [0.5, 0.6) is 0 Å². The van der Waals surface area contributed by atoms with Crippen molar-refractivity contribution >= 4 is 11.6 Å². The van der Waals surface area contributed by atoms with Gasteiger partial charge in [-0.3, -0.25) is 0 Å². The third-order valence-electron chi connectivity index (χ3n) is 3.45. The van der Waals surface area contributed by atoms with Gasteiger partial charge in [-0.1, -0.05) is 56.8 Å². The molecule has 19 heavy (non-hydrogen) atoms. The first-order valence-corrected chi connectivity index (χ1v) is 7.58. The van der Waals surface area contributed by atoms with E-state index in [9.17, 15) is 0 Å². The predicted molar refractivity (Wildman–Crippen MR) is 80.5 cm³/mol. The minimum atomic E-state index is 0.0300. The summed E-state index contributed by atoms with van der Waals surface area (Å²) in [5, 5.41) is 9.73. The van der Waals surface area contributed by atoms with Gasteiger partial charge < -0.3 is 9.84 Å². The van der Waals surface area contributed by atoms with Crippen molar-refractivity contribution in [3.63, 3.8) is 0 Å². The second kappa shape index (κ2) is 9.35. The van der Waals surface area contributed by atoms with Gasteiger partial charge in [-0.05, 0) is 30.0 Å². The zero-order valence-corrected chi connectivity index (χ0v) is 12.7. The Morgan fingerprint density at radius 2 is 2.11 bits per heavy atom. The summed E-state index contributed by atoms with van der Waals surface area (Å²) in [4.78, 5) is 0. The zero-order chi connectivity index (χ0) is 14.1. The summed E-state index contributed by atoms with van der Waals surface area (Å²) in [5.41, 5.74) is 1.11. The maximum absolute atomic E-state index is 9.00. The molecule has 108 valence electrons. The Balaban J connectivity index is 2.85. The van der Waals surface area contributed by atoms with E-state index in [0.29, 0.717) is 12.5 Å². The molecule has 0 saturated carbocycles. The highest BCUT2D eigenvalue weighted by molar-refractivity contribution is 6.30. The zero-order valence-electron chi connectivity index (χ0n) is 11.9. The van der Waals surface area contributed by atoms with Crippen LogP contribution in [0.25, 0.3) is 0 Å². The molecule has 2 nitrogen and oxygen atoms in total. The van der Waals surface area contributed by atoms with Gasteiger partial charge in [0.1, 0.15) is 0 Å². The molecule has 0 radical (unpaired) electrons. The number of ether oxygens (including phenoxy) is 1. The Hall–Kier alpha value is -0.570. The number of hydrogen-bond acceptors (Lipinski definition) is 2. The fraction of sp³-hybridized carbons (Fsp3) is 0.625. The highest BCUT2D eigenvalue weighted by Crippen LogP contribution is 2.33. The summed E-state index contributed by atoms with van der Waals surface area (Å²) in [6.07, 6.45) is 4.65. The Morgan fingerprint density at radius 1 is 1.32 bits per heavy atom. The van der Waals surface area contributed by atoms with Crippen LogP contribution in [0.15, 0.2) is 24.3 Å². The molecule has 0 saturated heterocycles. The summed E-state index contributed by atoms with van der Waals surface area (Å²) in [5.74, 6) is 0.477. The van der Waals surface area contributed by atoms with Crippen molar-refractivity contribution < 1.29 is 9.84 Å². The number of unbranched alkanes of at least 4 members (excludes halogenated alkanes) is 1. The van der Waals surface area contributed by atoms with Gasteiger partial charge in [0.2, 0.25) is 0 Å². The molecule has 2 atom stereocenters. The smallest absolute Gasteiger partial charge is 0.0854 e. The van der Waals surface area contributed by atoms with E-state index in [4.69, 9.17) is 21.4 Å². The monoisotopic (exact) mass is 284 g/mol. The van der Waals surface area contributed by atoms with Crippen molar-refractivity contribution in [2.45, 2.75) is 45.6 Å². The van der Waals surface area contributed by atoms with Gasteiger partial charge in [0.15, 0.2) is 0 Å². The van der Waals surface area contributed by atoms with E-state index in [1.54, 1.807) is 0 Å². The molecule has 1 aromatic rings. The van der Waals surface area contributed by atoms with Crippen LogP contribution in [0.3, 0.4) is 0 Å². The molecule has 0 aromatic heterocycles. The molecule has 0 fully saturated rings. The molecule has 3 heteroatoms. The summed E-state index contributed by atoms with van der Waals surface area (Å²) >= 11 is 6.07. The fourth-order valence-corrected chi connectivity index (χ4v) is 2.60. The summed E-state index contributed by atoms with van der Waals surface area (Å²) < 4.78 is 5.87. The minimum Gasteiger partial charge on any atom is -0.394 e. The fourth-order valence-electron chi connectivity index (χ4n) is 2.40. The molecule has 1 N–H and O–H groups in total. The molecule has 0 spiro atoms. The average Bonchev–Trinajstić information content (AvgIpc) is 2.42. The normalized spacial score (nSPS) is 14.3. The third kappa shape index (κ3) is 5.52. The van der Waals surface area contributed by atoms with Gasteiger partial charge in [-0.2, -0.15) is 0 Å². The van der Waals surface area contributed by atoms with E-state index in [-0.39, 0.29) is 12.7 Å². The maximum atomic E-state index is 9.00. The Morgan fingerprint density at radius 3 is 2.68 bits per heavy atom. The van der Waals surface area contributed by atoms with Gasteiger partial charge in [-0.25, -0.2) is 0 Å². The lowest BCUT2D eigenvalue weighted by atomic mass is 9.89. The molecular weight excluding hydrogens is 260 g/mol. The largest absolute Gasteiger partial charge is 0.394 e. The van der Waals surface area contributed by atoms with Gasteiger partial charge >= 0.3 is 0 Å². The highest BCUT2D eigenvalue weighted by Gasteiger charge is 2.22. The maximum Gasteiger partial charge on any atom is 0.0854 e. The molecule has 1 aromatic carbocycles. The first-order chi connectivity index (χ1) is 9.22. The highest BCUT2D eigenvalue weighted by atomic mass is 35.5. The van der Waals surface area contributed by atoms with Crippen molar-refractivity contribution in [1.29, 1.82) is 0 Å². The number of hydrogen-bond donors (Lipinski definition) is 1. The number of halogens is 1. The van der Waals surface area contributed by atoms with Crippen molar-refractivity contribution in [3.05, 3.63) is 34.9 Å². The molecule has 0 heterocycles. The van der Waals surface area contributed by atoms with E-state index in [1.165, 1.54) is 12.8 Å². The summed E-state index contributed by atoms with van der Waals surface area (Å²) in [6, 6.07) is 7.86. The van der Waals surface area contributed by atoms with E-state index in [0.717, 1.165) is 23.4 Å². The molecule has 1 rings (SSSR count). The van der Waals surface area contributed by atoms with Crippen LogP contribution in [0.4, 0.5) is 0 Å². The Kier molecular flexibility index (Phi) is 8.11. The van der Waals surface area contributed by atoms with Crippen molar-refractivity contribution in [3.8, 4) is 0 Å². The quantitative estimate of drug-likeness (QED) is 0.718. The van der Waals surface area contributed by atoms with E-state index in [2.05, 4.69) is 19.9 Å². The number of aliphatic hydroxyl groups is 1. The van der Waals surface area contributed by atoms with Crippen molar-refractivity contribution in [2.24, 2.45) is 5.92 Å². The molecule has 0 aliphatic rings. The lowest BCUT2D eigenvalue weighted by Crippen LogP contribution is -2.18. The summed E-state index contributed by atoms with van der Waals surface area (Å²) in [7, 11) is 0. The van der Waals surface area contributed by atoms with E-state index in [1.807, 2.05) is 18.2 Å². The number of aliphatic hydroxyl groups excluding tert-OH is 1. The number of rotatable bonds is 9. The van der Waals surface area contributed by atoms with Crippen LogP contribution in [0, 0.1) is 5.92 Å². The van der Waals surface area contributed by atoms with E-state index < -0.39 is 0 Å². The van der Waals surface area contributed by atoms with Crippen LogP contribution in [0.1, 0.15) is 51.2 Å². The molecule has 0 unspecified atom stereocenters. The lowest BCUT2D eigenvalue weighted by molar-refractivity contribution is -0.0112. The third-order valence-corrected chi connectivity index (χ3v) is 3.68. The molecule has 0 bridgehead atoms. The topological polar surface area (TPSA) is 29.5 Å². The first-order valence-electron chi connectivity index (χ1n) is 7.20. The van der Waals surface area contributed by atoms with Crippen LogP contribution in [-0.4, -0.2) is 18.3 Å². The van der Waals surface area contributed by atoms with Gasteiger partial charge in [0, 0.05) is 5.02 Å². The van der Waals surface area contributed by atoms with Gasteiger partial charge in [0.25, 0.3) is 0 Å². The van der Waals surface area contributed by atoms with Crippen LogP contribution in [-0.2, 0) is 4.74 Å². The summed E-state index contributed by atoms with van der Waals surface area (Å²) in [6.45, 7) is 4.83.